The van der Waals surface area contributed by atoms with Crippen molar-refractivity contribution in [2.45, 2.75) is 6.42 Å². The van der Waals surface area contributed by atoms with Crippen LogP contribution in [0.4, 0.5) is 0 Å². The molecule has 4 nitrogen and oxygen atoms in total. The van der Waals surface area contributed by atoms with Crippen molar-refractivity contribution in [2.24, 2.45) is 16.5 Å². The van der Waals surface area contributed by atoms with E-state index in [9.17, 15) is 0 Å². The van der Waals surface area contributed by atoms with Crippen molar-refractivity contribution in [2.75, 3.05) is 6.54 Å². The van der Waals surface area contributed by atoms with E-state index in [4.69, 9.17) is 16.6 Å². The number of nitrogens with two attached hydrogens (primary N) is 2. The molecule has 0 amide bonds. The molecule has 1 aromatic rings. The molecule has 0 unspecified atom stereocenters. The molecule has 1 aromatic carbocycles. The van der Waals surface area contributed by atoms with Gasteiger partial charge in [0.2, 0.25) is 0 Å². The highest BCUT2D eigenvalue weighted by Crippen LogP contribution is 2.10. The van der Waals surface area contributed by atoms with Gasteiger partial charge in [0.05, 0.1) is 0 Å². The molecular formula is C9H13N3O. The van der Waals surface area contributed by atoms with E-state index in [0.717, 1.165) is 12.0 Å². The largest absolute Gasteiger partial charge is 0.508 e. The van der Waals surface area contributed by atoms with Gasteiger partial charge in [-0.2, -0.15) is 0 Å². The molecule has 13 heavy (non-hydrogen) atoms. The van der Waals surface area contributed by atoms with E-state index in [-0.39, 0.29) is 11.7 Å². The summed E-state index contributed by atoms with van der Waals surface area (Å²) in [6.07, 6.45) is 0.728. The molecule has 1 rings (SSSR count). The van der Waals surface area contributed by atoms with Crippen LogP contribution in [0.5, 0.6) is 5.75 Å². The Hall–Kier alpha value is -1.71. The lowest BCUT2D eigenvalue weighted by molar-refractivity contribution is 0.474. The van der Waals surface area contributed by atoms with E-state index in [1.165, 1.54) is 0 Å². The third kappa shape index (κ3) is 3.46. The molecule has 5 N–H and O–H groups in total. The van der Waals surface area contributed by atoms with E-state index in [1.807, 2.05) is 6.07 Å². The van der Waals surface area contributed by atoms with Crippen LogP contribution in [0.3, 0.4) is 0 Å². The zero-order chi connectivity index (χ0) is 9.68. The summed E-state index contributed by atoms with van der Waals surface area (Å²) < 4.78 is 0. The first-order chi connectivity index (χ1) is 6.18. The van der Waals surface area contributed by atoms with Gasteiger partial charge in [-0.25, -0.2) is 0 Å². The lowest BCUT2D eigenvalue weighted by atomic mass is 9.60. The highest BCUT2D eigenvalue weighted by Gasteiger charge is 1.93. The van der Waals surface area contributed by atoms with Crippen molar-refractivity contribution in [3.63, 3.8) is 0 Å². The van der Waals surface area contributed by atoms with Crippen LogP contribution in [-0.4, -0.2) is 17.6 Å². The molecule has 0 bridgehead atoms. The summed E-state index contributed by atoms with van der Waals surface area (Å²) in [7, 11) is 0. The van der Waals surface area contributed by atoms with Crippen molar-refractivity contribution in [1.82, 2.24) is 0 Å². The third-order valence-electron chi connectivity index (χ3n) is 1.61. The second kappa shape index (κ2) is 4.35. The molecule has 0 radical (unpaired) electrons. The van der Waals surface area contributed by atoms with Crippen molar-refractivity contribution in [3.05, 3.63) is 29.8 Å². The average molecular weight is 177 g/mol. The third-order valence-corrected chi connectivity index (χ3v) is 1.61. The van der Waals surface area contributed by atoms with Gasteiger partial charge in [-0.1, -0.05) is 12.1 Å². The quantitative estimate of drug-likeness (QED) is 0.455. The maximum atomic E-state index is 9.14. The van der Waals surface area contributed by atoms with Gasteiger partial charge in [-0.3, -0.25) is 4.99 Å². The van der Waals surface area contributed by atoms with E-state index < -0.39 is 0 Å². The topological polar surface area (TPSA) is 84.6 Å². The predicted octanol–water partition coefficient (Wildman–Crippen LogP) is 0.208. The molecular weight excluding hydrogens is 164 g/mol. The number of phenols is 1. The van der Waals surface area contributed by atoms with Gasteiger partial charge in [0.1, 0.15) is 5.75 Å². The van der Waals surface area contributed by atoms with Gasteiger partial charge >= 0.3 is 0 Å². The van der Waals surface area contributed by atoms with Crippen molar-refractivity contribution < 1.29 is 5.11 Å². The number of phenolic OH excluding ortho intramolecular Hbond substituents is 1. The van der Waals surface area contributed by atoms with Crippen molar-refractivity contribution >= 4 is 5.96 Å². The molecule has 70 valence electrons. The van der Waals surface area contributed by atoms with E-state index >= 15 is 0 Å². The fourth-order valence-electron chi connectivity index (χ4n) is 1.03. The molecule has 0 saturated heterocycles. The second-order valence-corrected chi connectivity index (χ2v) is 2.73. The minimum absolute atomic E-state index is 0.0974. The van der Waals surface area contributed by atoms with Crippen molar-refractivity contribution in [3.8, 4) is 5.75 Å². The Bertz CT molecular complexity index is 305. The lowest BCUT2D eigenvalue weighted by Gasteiger charge is -1.98. The Labute approximate surface area is 76.9 Å². The predicted molar refractivity (Wildman–Crippen MR) is 52.5 cm³/mol. The average Bonchev–Trinajstić information content (AvgIpc) is 2.03. The van der Waals surface area contributed by atoms with E-state index in [2.05, 4.69) is 4.99 Å². The minimum Gasteiger partial charge on any atom is -0.508 e. The van der Waals surface area contributed by atoms with Crippen LogP contribution in [0, 0.1) is 0 Å². The smallest absolute Gasteiger partial charge is 0.185 e. The number of benzene rings is 1. The maximum absolute atomic E-state index is 9.14. The first-order valence-corrected chi connectivity index (χ1v) is 4.02. The fraction of sp³-hybridized carbons (Fsp3) is 0.222. The summed E-state index contributed by atoms with van der Waals surface area (Å²) in [5.74, 6) is 0.363. The SMILES string of the molecule is NC(N)=N[11CH2][11CH2]c1cccc(O)c1. The Kier molecular flexibility index (Phi) is 3.14. The van der Waals surface area contributed by atoms with Crippen LogP contribution in [0.2, 0.25) is 0 Å². The summed E-state index contributed by atoms with van der Waals surface area (Å²) in [6, 6.07) is 7.04. The summed E-state index contributed by atoms with van der Waals surface area (Å²) >= 11 is 0. The summed E-state index contributed by atoms with van der Waals surface area (Å²) in [5, 5.41) is 9.14. The molecule has 0 aromatic heterocycles. The molecule has 0 fully saturated rings. The number of nitrogens with zero attached hydrogens (tertiary/aromatic N) is 1. The monoisotopic (exact) mass is 177 g/mol. The minimum atomic E-state index is 0.0974. The number of aliphatic imine (C=N–C) groups is 1. The molecule has 0 aliphatic heterocycles. The number of guanidine groups is 1. The normalized spacial score (nSPS) is 9.54. The van der Waals surface area contributed by atoms with Crippen molar-refractivity contribution in [1.29, 1.82) is 0 Å². The molecule has 4 heteroatoms. The van der Waals surface area contributed by atoms with E-state index in [1.54, 1.807) is 18.2 Å². The Morgan fingerprint density at radius 3 is 2.77 bits per heavy atom. The maximum Gasteiger partial charge on any atom is 0.185 e. The number of hydrogen-bond acceptors (Lipinski definition) is 2. The van der Waals surface area contributed by atoms with E-state index in [0.29, 0.717) is 6.54 Å². The van der Waals surface area contributed by atoms with Gasteiger partial charge < -0.3 is 16.6 Å². The van der Waals surface area contributed by atoms with Gasteiger partial charge in [0.15, 0.2) is 5.96 Å². The first-order valence-electron chi connectivity index (χ1n) is 4.02. The molecule has 0 heterocycles. The Morgan fingerprint density at radius 2 is 2.15 bits per heavy atom. The number of rotatable bonds is 3. The van der Waals surface area contributed by atoms with Gasteiger partial charge in [-0.05, 0) is 24.1 Å². The Morgan fingerprint density at radius 1 is 1.38 bits per heavy atom. The summed E-state index contributed by atoms with van der Waals surface area (Å²) in [6.45, 7) is 0.547. The van der Waals surface area contributed by atoms with Gasteiger partial charge in [0.25, 0.3) is 0 Å². The standard InChI is InChI=1S/C9H13N3O/c10-9(11)12-5-4-7-2-1-3-8(13)6-7/h1-3,6,13H,4-5H2,(H4,10,11,12)/i4-1,5-1. The van der Waals surface area contributed by atoms with Crippen LogP contribution in [0.1, 0.15) is 5.56 Å². The fourth-order valence-corrected chi connectivity index (χ4v) is 1.03. The molecule has 0 aliphatic rings. The number of hydrogen-bond donors (Lipinski definition) is 3. The van der Waals surface area contributed by atoms with Crippen LogP contribution in [-0.2, 0) is 6.42 Å². The second-order valence-electron chi connectivity index (χ2n) is 2.73. The van der Waals surface area contributed by atoms with Gasteiger partial charge in [-0.15, -0.1) is 0 Å². The highest BCUT2D eigenvalue weighted by atomic mass is 16.3. The zero-order valence-electron chi connectivity index (χ0n) is 7.27. The molecule has 0 aliphatic carbocycles. The zero-order valence-corrected chi connectivity index (χ0v) is 7.27. The lowest BCUT2D eigenvalue weighted by Crippen LogP contribution is -2.23. The summed E-state index contributed by atoms with van der Waals surface area (Å²) in [4.78, 5) is 3.84. The first kappa shape index (κ1) is 9.38. The van der Waals surface area contributed by atoms with Crippen LogP contribution in [0.15, 0.2) is 29.3 Å². The highest BCUT2D eigenvalue weighted by molar-refractivity contribution is 5.75. The van der Waals surface area contributed by atoms with Gasteiger partial charge in [0, 0.05) is 6.54 Å². The molecule has 0 atom stereocenters. The summed E-state index contributed by atoms with van der Waals surface area (Å²) in [5.41, 5.74) is 11.3. The number of aromatic hydroxyl groups is 1. The van der Waals surface area contributed by atoms with Crippen LogP contribution >= 0.6 is 0 Å². The Balaban J connectivity index is 2.50. The van der Waals surface area contributed by atoms with Crippen LogP contribution < -0.4 is 11.5 Å². The molecule has 0 saturated carbocycles. The van der Waals surface area contributed by atoms with Crippen LogP contribution in [0.25, 0.3) is 0 Å². The molecule has 0 spiro atoms.